The van der Waals surface area contributed by atoms with E-state index in [1.165, 1.54) is 31.5 Å². The molecular weight excluding hydrogens is 326 g/mol. The zero-order valence-corrected chi connectivity index (χ0v) is 13.7. The van der Waals surface area contributed by atoms with Crippen LogP contribution in [-0.4, -0.2) is 25.2 Å². The molecule has 8 nitrogen and oxygen atoms in total. The Labute approximate surface area is 144 Å². The zero-order valence-electron chi connectivity index (χ0n) is 13.7. The second kappa shape index (κ2) is 8.34. The predicted molar refractivity (Wildman–Crippen MR) is 93.8 cm³/mol. The quantitative estimate of drug-likeness (QED) is 0.618. The van der Waals surface area contributed by atoms with Crippen LogP contribution in [0.2, 0.25) is 0 Å². The van der Waals surface area contributed by atoms with Gasteiger partial charge in [-0.3, -0.25) is 10.1 Å². The van der Waals surface area contributed by atoms with E-state index in [2.05, 4.69) is 10.6 Å². The van der Waals surface area contributed by atoms with Crippen molar-refractivity contribution in [3.63, 3.8) is 0 Å². The number of amides is 2. The smallest absolute Gasteiger partial charge is 0.323 e. The average Bonchev–Trinajstić information content (AvgIpc) is 2.62. The number of benzene rings is 2. The number of methoxy groups -OCH3 is 2. The third kappa shape index (κ3) is 4.96. The molecule has 0 atom stereocenters. The molecule has 130 valence electrons. The molecule has 0 saturated heterocycles. The minimum absolute atomic E-state index is 0.148. The van der Waals surface area contributed by atoms with Crippen molar-refractivity contribution < 1.29 is 19.2 Å². The molecule has 0 aliphatic rings. The van der Waals surface area contributed by atoms with Crippen LogP contribution >= 0.6 is 0 Å². The first-order valence-corrected chi connectivity index (χ1v) is 7.24. The zero-order chi connectivity index (χ0) is 18.2. The van der Waals surface area contributed by atoms with E-state index in [4.69, 9.17) is 9.47 Å². The van der Waals surface area contributed by atoms with Crippen LogP contribution in [0, 0.1) is 10.1 Å². The molecule has 2 rings (SSSR count). The summed E-state index contributed by atoms with van der Waals surface area (Å²) in [6.45, 7) is 0. The fourth-order valence-electron chi connectivity index (χ4n) is 1.99. The summed E-state index contributed by atoms with van der Waals surface area (Å²) in [5, 5.41) is 15.9. The minimum atomic E-state index is -0.552. The van der Waals surface area contributed by atoms with Crippen molar-refractivity contribution in [1.82, 2.24) is 5.32 Å². The van der Waals surface area contributed by atoms with Gasteiger partial charge in [0.1, 0.15) is 11.5 Å². The van der Waals surface area contributed by atoms with Crippen molar-refractivity contribution in [3.05, 3.63) is 64.3 Å². The number of carbonyl (C=O) groups is 1. The molecule has 2 amide bonds. The number of nitrogens with zero attached hydrogens (tertiary/aromatic N) is 1. The van der Waals surface area contributed by atoms with E-state index < -0.39 is 11.0 Å². The summed E-state index contributed by atoms with van der Waals surface area (Å²) in [7, 11) is 2.99. The number of nitro benzene ring substituents is 1. The first kappa shape index (κ1) is 17.8. The molecule has 0 aliphatic carbocycles. The molecule has 0 fully saturated rings. The van der Waals surface area contributed by atoms with Gasteiger partial charge in [0, 0.05) is 18.3 Å². The van der Waals surface area contributed by atoms with Crippen LogP contribution < -0.4 is 20.1 Å². The third-order valence-corrected chi connectivity index (χ3v) is 3.25. The van der Waals surface area contributed by atoms with E-state index in [-0.39, 0.29) is 11.4 Å². The molecule has 0 unspecified atom stereocenters. The van der Waals surface area contributed by atoms with Crippen molar-refractivity contribution in [1.29, 1.82) is 0 Å². The first-order chi connectivity index (χ1) is 12.0. The van der Waals surface area contributed by atoms with Crippen molar-refractivity contribution in [3.8, 4) is 11.5 Å². The van der Waals surface area contributed by atoms with E-state index in [0.717, 1.165) is 11.3 Å². The lowest BCUT2D eigenvalue weighted by Gasteiger charge is -2.09. The molecule has 0 saturated carbocycles. The lowest BCUT2D eigenvalue weighted by molar-refractivity contribution is -0.384. The largest absolute Gasteiger partial charge is 0.497 e. The van der Waals surface area contributed by atoms with Crippen molar-refractivity contribution in [2.75, 3.05) is 19.5 Å². The molecule has 0 spiro atoms. The summed E-state index contributed by atoms with van der Waals surface area (Å²) in [4.78, 5) is 22.2. The van der Waals surface area contributed by atoms with Gasteiger partial charge in [-0.25, -0.2) is 4.79 Å². The van der Waals surface area contributed by atoms with E-state index >= 15 is 0 Å². The predicted octanol–water partition coefficient (Wildman–Crippen LogP) is 3.40. The SMILES string of the molecule is COc1ccc(/C=C/NC(=O)Nc2cc([N+](=O)[O-])ccc2OC)cc1. The number of carbonyl (C=O) groups excluding carboxylic acids is 1. The molecule has 0 radical (unpaired) electrons. The maximum absolute atomic E-state index is 11.9. The van der Waals surface area contributed by atoms with Crippen molar-refractivity contribution in [2.24, 2.45) is 0 Å². The summed E-state index contributed by atoms with van der Waals surface area (Å²) in [5.74, 6) is 1.06. The third-order valence-electron chi connectivity index (χ3n) is 3.25. The summed E-state index contributed by atoms with van der Waals surface area (Å²) in [6.07, 6.45) is 3.16. The number of hydrogen-bond donors (Lipinski definition) is 2. The summed E-state index contributed by atoms with van der Waals surface area (Å²) < 4.78 is 10.1. The van der Waals surface area contributed by atoms with Crippen molar-refractivity contribution >= 4 is 23.5 Å². The van der Waals surface area contributed by atoms with Gasteiger partial charge in [-0.05, 0) is 29.8 Å². The second-order valence-electron chi connectivity index (χ2n) is 4.85. The monoisotopic (exact) mass is 343 g/mol. The Morgan fingerprint density at radius 1 is 1.12 bits per heavy atom. The van der Waals surface area contributed by atoms with E-state index in [1.807, 2.05) is 12.1 Å². The van der Waals surface area contributed by atoms with E-state index in [1.54, 1.807) is 25.3 Å². The van der Waals surface area contributed by atoms with Gasteiger partial charge in [-0.1, -0.05) is 12.1 Å². The van der Waals surface area contributed by atoms with Crippen LogP contribution in [0.5, 0.6) is 11.5 Å². The Kier molecular flexibility index (Phi) is 5.94. The number of nitrogens with one attached hydrogen (secondary N) is 2. The van der Waals surface area contributed by atoms with Gasteiger partial charge in [0.2, 0.25) is 0 Å². The van der Waals surface area contributed by atoms with E-state index in [9.17, 15) is 14.9 Å². The number of rotatable bonds is 6. The van der Waals surface area contributed by atoms with Crippen LogP contribution in [0.1, 0.15) is 5.56 Å². The Morgan fingerprint density at radius 2 is 1.84 bits per heavy atom. The normalized spacial score (nSPS) is 10.3. The van der Waals surface area contributed by atoms with Gasteiger partial charge in [-0.2, -0.15) is 0 Å². The lowest BCUT2D eigenvalue weighted by atomic mass is 10.2. The fraction of sp³-hybridized carbons (Fsp3) is 0.118. The Bertz CT molecular complexity index is 787. The molecule has 2 N–H and O–H groups in total. The standard InChI is InChI=1S/C17H17N3O5/c1-24-14-6-3-12(4-7-14)9-10-18-17(21)19-15-11-13(20(22)23)5-8-16(15)25-2/h3-11H,1-2H3,(H2,18,19,21)/b10-9+. The van der Waals surface area contributed by atoms with Crippen LogP contribution in [-0.2, 0) is 0 Å². The van der Waals surface area contributed by atoms with Gasteiger partial charge >= 0.3 is 6.03 Å². The van der Waals surface area contributed by atoms with Gasteiger partial charge in [0.05, 0.1) is 24.8 Å². The van der Waals surface area contributed by atoms with Crippen LogP contribution in [0.15, 0.2) is 48.7 Å². The van der Waals surface area contributed by atoms with Gasteiger partial charge < -0.3 is 20.1 Å². The number of hydrogen-bond acceptors (Lipinski definition) is 5. The Morgan fingerprint density at radius 3 is 2.44 bits per heavy atom. The summed E-state index contributed by atoms with van der Waals surface area (Å²) in [5.41, 5.74) is 0.922. The van der Waals surface area contributed by atoms with Crippen LogP contribution in [0.25, 0.3) is 6.08 Å². The topological polar surface area (TPSA) is 103 Å². The van der Waals surface area contributed by atoms with Gasteiger partial charge in [0.25, 0.3) is 5.69 Å². The molecule has 8 heteroatoms. The molecule has 2 aromatic rings. The Hall–Kier alpha value is -3.55. The molecule has 2 aromatic carbocycles. The molecule has 25 heavy (non-hydrogen) atoms. The highest BCUT2D eigenvalue weighted by Crippen LogP contribution is 2.28. The number of nitro groups is 1. The average molecular weight is 343 g/mol. The van der Waals surface area contributed by atoms with Gasteiger partial charge in [0.15, 0.2) is 0 Å². The summed E-state index contributed by atoms with van der Waals surface area (Å²) in [6, 6.07) is 10.7. The van der Waals surface area contributed by atoms with Crippen LogP contribution in [0.3, 0.4) is 0 Å². The highest BCUT2D eigenvalue weighted by atomic mass is 16.6. The molecule has 0 bridgehead atoms. The minimum Gasteiger partial charge on any atom is -0.497 e. The molecule has 0 aromatic heterocycles. The highest BCUT2D eigenvalue weighted by Gasteiger charge is 2.13. The summed E-state index contributed by atoms with van der Waals surface area (Å²) >= 11 is 0. The lowest BCUT2D eigenvalue weighted by Crippen LogP contribution is -2.24. The van der Waals surface area contributed by atoms with Crippen molar-refractivity contribution in [2.45, 2.75) is 0 Å². The highest BCUT2D eigenvalue weighted by molar-refractivity contribution is 5.92. The number of anilines is 1. The van der Waals surface area contributed by atoms with Gasteiger partial charge in [-0.15, -0.1) is 0 Å². The first-order valence-electron chi connectivity index (χ1n) is 7.24. The van der Waals surface area contributed by atoms with Crippen LogP contribution in [0.4, 0.5) is 16.2 Å². The molecular formula is C17H17N3O5. The Balaban J connectivity index is 2.00. The number of ether oxygens (including phenoxy) is 2. The maximum atomic E-state index is 11.9. The molecule has 0 aliphatic heterocycles. The van der Waals surface area contributed by atoms with E-state index in [0.29, 0.717) is 5.75 Å². The second-order valence-corrected chi connectivity index (χ2v) is 4.85. The fourth-order valence-corrected chi connectivity index (χ4v) is 1.99. The molecule has 0 heterocycles. The number of non-ortho nitro benzene ring substituents is 1. The maximum Gasteiger partial charge on any atom is 0.323 e. The number of urea groups is 1.